The van der Waals surface area contributed by atoms with E-state index in [0.29, 0.717) is 12.2 Å². The van der Waals surface area contributed by atoms with Crippen LogP contribution in [0.2, 0.25) is 0 Å². The molecule has 5 rings (SSSR count). The fourth-order valence-corrected chi connectivity index (χ4v) is 5.00. The monoisotopic (exact) mass is 445 g/mol. The summed E-state index contributed by atoms with van der Waals surface area (Å²) in [5.74, 6) is 0.856. The average molecular weight is 446 g/mol. The molecule has 1 aliphatic carbocycles. The average Bonchev–Trinajstić information content (AvgIpc) is 3.37. The predicted molar refractivity (Wildman–Crippen MR) is 130 cm³/mol. The molecule has 172 valence electrons. The van der Waals surface area contributed by atoms with E-state index in [0.717, 1.165) is 76.8 Å². The van der Waals surface area contributed by atoms with Crippen molar-refractivity contribution in [3.8, 4) is 0 Å². The first-order chi connectivity index (χ1) is 15.9. The van der Waals surface area contributed by atoms with Crippen molar-refractivity contribution in [3.05, 3.63) is 58.7 Å². The topological polar surface area (TPSA) is 95.8 Å². The van der Waals surface area contributed by atoms with Gasteiger partial charge in [0.1, 0.15) is 17.0 Å². The fraction of sp³-hybridized carbons (Fsp3) is 0.423. The highest BCUT2D eigenvalue weighted by Crippen LogP contribution is 2.24. The molecule has 0 radical (unpaired) electrons. The van der Waals surface area contributed by atoms with Crippen LogP contribution in [0.3, 0.4) is 0 Å². The second-order valence-corrected chi connectivity index (χ2v) is 9.26. The molecule has 7 heteroatoms. The number of aryl methyl sites for hydroxylation is 3. The Labute approximate surface area is 193 Å². The number of fused-ring (bicyclic) bond motifs is 2. The van der Waals surface area contributed by atoms with Crippen LogP contribution in [-0.4, -0.2) is 42.7 Å². The van der Waals surface area contributed by atoms with Gasteiger partial charge in [-0.05, 0) is 62.1 Å². The Hall–Kier alpha value is -3.19. The Morgan fingerprint density at radius 1 is 1.18 bits per heavy atom. The summed E-state index contributed by atoms with van der Waals surface area (Å²) in [6, 6.07) is 10.0. The molecule has 0 bridgehead atoms. The molecule has 33 heavy (non-hydrogen) atoms. The number of nitrogens with one attached hydrogen (secondary N) is 2. The van der Waals surface area contributed by atoms with Gasteiger partial charge in [-0.1, -0.05) is 25.8 Å². The largest absolute Gasteiger partial charge is 0.391 e. The summed E-state index contributed by atoms with van der Waals surface area (Å²) in [5, 5.41) is 14.2. The maximum Gasteiger partial charge on any atom is 0.268 e. The second kappa shape index (κ2) is 8.63. The Kier molecular flexibility index (Phi) is 5.66. The fourth-order valence-electron chi connectivity index (χ4n) is 5.00. The van der Waals surface area contributed by atoms with Gasteiger partial charge in [0.15, 0.2) is 5.65 Å². The Bertz CT molecular complexity index is 1340. The van der Waals surface area contributed by atoms with Crippen molar-refractivity contribution in [2.75, 3.05) is 0 Å². The number of nitrogens with zero attached hydrogens (tertiary/aromatic N) is 3. The lowest BCUT2D eigenvalue weighted by Gasteiger charge is -2.28. The van der Waals surface area contributed by atoms with Gasteiger partial charge in [-0.2, -0.15) is 0 Å². The van der Waals surface area contributed by atoms with Gasteiger partial charge >= 0.3 is 0 Å². The maximum absolute atomic E-state index is 12.8. The summed E-state index contributed by atoms with van der Waals surface area (Å²) in [4.78, 5) is 25.6. The molecule has 0 unspecified atom stereocenters. The normalized spacial score (nSPS) is 18.8. The number of aromatic amines is 1. The van der Waals surface area contributed by atoms with Gasteiger partial charge in [0.25, 0.3) is 5.91 Å². The van der Waals surface area contributed by atoms with E-state index < -0.39 is 6.10 Å². The van der Waals surface area contributed by atoms with Crippen molar-refractivity contribution in [1.82, 2.24) is 24.8 Å². The van der Waals surface area contributed by atoms with E-state index in [1.54, 1.807) is 0 Å². The van der Waals surface area contributed by atoms with Gasteiger partial charge in [0, 0.05) is 23.0 Å². The first-order valence-electron chi connectivity index (χ1n) is 11.9. The number of carbonyl (C=O) groups is 1. The van der Waals surface area contributed by atoms with Crippen molar-refractivity contribution >= 4 is 28.0 Å². The summed E-state index contributed by atoms with van der Waals surface area (Å²) in [5.41, 5.74) is 6.59. The number of benzene rings is 1. The van der Waals surface area contributed by atoms with E-state index in [1.807, 2.05) is 19.1 Å². The lowest BCUT2D eigenvalue weighted by atomic mass is 9.92. The summed E-state index contributed by atoms with van der Waals surface area (Å²) >= 11 is 0. The number of pyridine rings is 1. The third kappa shape index (κ3) is 4.13. The number of aliphatic hydroxyl groups excluding tert-OH is 1. The zero-order chi connectivity index (χ0) is 23.1. The molecular formula is C26H31N5O2. The molecule has 3 heterocycles. The van der Waals surface area contributed by atoms with E-state index in [1.165, 1.54) is 0 Å². The molecule has 0 saturated heterocycles. The van der Waals surface area contributed by atoms with Crippen molar-refractivity contribution in [3.63, 3.8) is 0 Å². The van der Waals surface area contributed by atoms with E-state index in [9.17, 15) is 9.90 Å². The Morgan fingerprint density at radius 3 is 2.79 bits per heavy atom. The van der Waals surface area contributed by atoms with Gasteiger partial charge < -0.3 is 20.0 Å². The smallest absolute Gasteiger partial charge is 0.268 e. The number of aliphatic hydroxyl groups is 1. The molecule has 0 aliphatic heterocycles. The molecule has 3 N–H and O–H groups in total. The van der Waals surface area contributed by atoms with E-state index in [4.69, 9.17) is 9.97 Å². The van der Waals surface area contributed by atoms with Crippen LogP contribution in [0, 0.1) is 13.8 Å². The molecule has 3 aromatic heterocycles. The highest BCUT2D eigenvalue weighted by molar-refractivity contribution is 5.98. The van der Waals surface area contributed by atoms with Gasteiger partial charge in [-0.25, -0.2) is 9.97 Å². The molecule has 1 amide bonds. The van der Waals surface area contributed by atoms with Gasteiger partial charge in [0.2, 0.25) is 0 Å². The number of rotatable bonds is 5. The molecule has 1 fully saturated rings. The van der Waals surface area contributed by atoms with E-state index >= 15 is 0 Å². The van der Waals surface area contributed by atoms with Gasteiger partial charge in [-0.3, -0.25) is 4.79 Å². The zero-order valence-corrected chi connectivity index (χ0v) is 19.5. The second-order valence-electron chi connectivity index (χ2n) is 9.26. The lowest BCUT2D eigenvalue weighted by molar-refractivity contribution is 0.0714. The minimum absolute atomic E-state index is 0.164. The van der Waals surface area contributed by atoms with Crippen molar-refractivity contribution in [2.24, 2.45) is 0 Å². The minimum atomic E-state index is -0.461. The van der Waals surface area contributed by atoms with Crippen molar-refractivity contribution in [1.29, 1.82) is 0 Å². The minimum Gasteiger partial charge on any atom is -0.391 e. The predicted octanol–water partition coefficient (Wildman–Crippen LogP) is 4.17. The lowest BCUT2D eigenvalue weighted by Crippen LogP contribution is -2.45. The third-order valence-electron chi connectivity index (χ3n) is 6.73. The van der Waals surface area contributed by atoms with E-state index in [2.05, 4.69) is 46.9 Å². The number of carbonyl (C=O) groups excluding carboxylic acids is 1. The summed E-state index contributed by atoms with van der Waals surface area (Å²) in [6.45, 7) is 6.88. The van der Waals surface area contributed by atoms with Crippen LogP contribution in [0.15, 0.2) is 30.3 Å². The SMILES string of the molecule is CCc1nc2c(C)cc(C)nc2n1Cc1ccc2[nH]c(C(=O)N[C@@H]3CCCC[C@H]3O)cc2c1. The first-order valence-corrected chi connectivity index (χ1v) is 11.9. The maximum atomic E-state index is 12.8. The van der Waals surface area contributed by atoms with Gasteiger partial charge in [-0.15, -0.1) is 0 Å². The zero-order valence-electron chi connectivity index (χ0n) is 19.5. The van der Waals surface area contributed by atoms with E-state index in [-0.39, 0.29) is 11.9 Å². The van der Waals surface area contributed by atoms with Gasteiger partial charge in [0.05, 0.1) is 18.7 Å². The Morgan fingerprint density at radius 2 is 2.00 bits per heavy atom. The van der Waals surface area contributed by atoms with Crippen LogP contribution in [0.1, 0.15) is 65.7 Å². The van der Waals surface area contributed by atoms with Crippen LogP contribution in [-0.2, 0) is 13.0 Å². The molecule has 7 nitrogen and oxygen atoms in total. The number of H-pyrrole nitrogens is 1. The molecule has 1 aliphatic rings. The van der Waals surface area contributed by atoms with Crippen LogP contribution in [0.25, 0.3) is 22.1 Å². The summed E-state index contributed by atoms with van der Waals surface area (Å²) < 4.78 is 2.20. The molecule has 1 aromatic carbocycles. The molecule has 0 spiro atoms. The highest BCUT2D eigenvalue weighted by Gasteiger charge is 2.25. The van der Waals surface area contributed by atoms with Crippen molar-refractivity contribution < 1.29 is 9.90 Å². The first kappa shape index (κ1) is 21.6. The summed E-state index contributed by atoms with van der Waals surface area (Å²) in [6.07, 6.45) is 3.99. The summed E-state index contributed by atoms with van der Waals surface area (Å²) in [7, 11) is 0. The third-order valence-corrected chi connectivity index (χ3v) is 6.73. The highest BCUT2D eigenvalue weighted by atomic mass is 16.3. The van der Waals surface area contributed by atoms with Crippen LogP contribution >= 0.6 is 0 Å². The van der Waals surface area contributed by atoms with Crippen LogP contribution < -0.4 is 5.32 Å². The molecule has 2 atom stereocenters. The van der Waals surface area contributed by atoms with Crippen molar-refractivity contribution in [2.45, 2.75) is 71.6 Å². The number of amides is 1. The standard InChI is InChI=1S/C26H31N5O2/c1-4-23-30-24-15(2)11-16(3)27-25(24)31(23)14-17-9-10-19-18(12-17)13-21(28-19)26(33)29-20-7-5-6-8-22(20)32/h9-13,20,22,28,32H,4-8,14H2,1-3H3,(H,29,33)/t20-,22-/m1/s1. The molecule has 1 saturated carbocycles. The molecule has 4 aromatic rings. The quantitative estimate of drug-likeness (QED) is 0.430. The molecular weight excluding hydrogens is 414 g/mol. The number of hydrogen-bond acceptors (Lipinski definition) is 4. The number of imidazole rings is 1. The number of aromatic nitrogens is 4. The Balaban J connectivity index is 1.42. The van der Waals surface area contributed by atoms with Crippen LogP contribution in [0.4, 0.5) is 0 Å². The number of hydrogen-bond donors (Lipinski definition) is 3. The van der Waals surface area contributed by atoms with Crippen LogP contribution in [0.5, 0.6) is 0 Å².